The fourth-order valence-corrected chi connectivity index (χ4v) is 6.58. The second-order valence-electron chi connectivity index (χ2n) is 6.07. The summed E-state index contributed by atoms with van der Waals surface area (Å²) in [4.78, 5) is 14.7. The first-order valence-corrected chi connectivity index (χ1v) is 10.7. The van der Waals surface area contributed by atoms with E-state index in [4.69, 9.17) is 11.6 Å². The average Bonchev–Trinajstić information content (AvgIpc) is 3.02. The zero-order valence-corrected chi connectivity index (χ0v) is 15.3. The predicted octanol–water partition coefficient (Wildman–Crippen LogP) is 2.96. The van der Waals surface area contributed by atoms with Gasteiger partial charge in [0.05, 0.1) is 4.34 Å². The second-order valence-corrected chi connectivity index (χ2v) is 9.90. The van der Waals surface area contributed by atoms with E-state index in [1.54, 1.807) is 6.07 Å². The van der Waals surface area contributed by atoms with Gasteiger partial charge < -0.3 is 4.90 Å². The van der Waals surface area contributed by atoms with E-state index in [2.05, 4.69) is 0 Å². The van der Waals surface area contributed by atoms with Crippen molar-refractivity contribution in [2.75, 3.05) is 19.6 Å². The van der Waals surface area contributed by atoms with Crippen LogP contribution in [0.3, 0.4) is 0 Å². The van der Waals surface area contributed by atoms with E-state index in [-0.39, 0.29) is 10.1 Å². The number of hydrogen-bond donors (Lipinski definition) is 0. The smallest absolute Gasteiger partial charge is 0.253 e. The Kier molecular flexibility index (Phi) is 5.30. The van der Waals surface area contributed by atoms with E-state index in [1.165, 1.54) is 10.4 Å². The van der Waals surface area contributed by atoms with Crippen molar-refractivity contribution in [2.24, 2.45) is 0 Å². The maximum Gasteiger partial charge on any atom is 0.253 e. The minimum Gasteiger partial charge on any atom is -0.341 e. The lowest BCUT2D eigenvalue weighted by molar-refractivity contribution is -0.137. The van der Waals surface area contributed by atoms with Gasteiger partial charge in [-0.05, 0) is 44.2 Å². The summed E-state index contributed by atoms with van der Waals surface area (Å²) >= 11 is 6.94. The van der Waals surface area contributed by atoms with E-state index in [9.17, 15) is 13.2 Å². The van der Waals surface area contributed by atoms with E-state index in [0.717, 1.165) is 56.5 Å². The molecule has 128 valence electrons. The van der Waals surface area contributed by atoms with Gasteiger partial charge in [0.1, 0.15) is 10.3 Å². The predicted molar refractivity (Wildman–Crippen MR) is 91.3 cm³/mol. The van der Waals surface area contributed by atoms with Gasteiger partial charge in [0.15, 0.2) is 0 Å². The molecule has 0 radical (unpaired) electrons. The van der Waals surface area contributed by atoms with Crippen LogP contribution in [-0.4, -0.2) is 49.2 Å². The number of sulfonamides is 1. The highest BCUT2D eigenvalue weighted by Gasteiger charge is 2.40. The Morgan fingerprint density at radius 1 is 1.09 bits per heavy atom. The molecular weight excluding hydrogens is 356 g/mol. The highest BCUT2D eigenvalue weighted by molar-refractivity contribution is 7.91. The van der Waals surface area contributed by atoms with E-state index >= 15 is 0 Å². The third-order valence-corrected chi connectivity index (χ3v) is 8.12. The molecule has 0 bridgehead atoms. The highest BCUT2D eigenvalue weighted by Crippen LogP contribution is 2.32. The molecule has 0 spiro atoms. The first-order valence-electron chi connectivity index (χ1n) is 8.06. The van der Waals surface area contributed by atoms with Crippen molar-refractivity contribution in [3.63, 3.8) is 0 Å². The Balaban J connectivity index is 1.85. The molecular formula is C15H21ClN2O3S2. The van der Waals surface area contributed by atoms with Crippen LogP contribution in [0.15, 0.2) is 16.3 Å². The number of amides is 1. The maximum atomic E-state index is 12.9. The third-order valence-electron chi connectivity index (χ3n) is 4.52. The first kappa shape index (κ1) is 17.2. The zero-order valence-electron chi connectivity index (χ0n) is 12.9. The number of nitrogens with zero attached hydrogens (tertiary/aromatic N) is 2. The summed E-state index contributed by atoms with van der Waals surface area (Å²) in [6.07, 6.45) is 5.44. The number of piperidine rings is 2. The molecule has 0 aliphatic carbocycles. The molecule has 3 heterocycles. The Labute approximate surface area is 146 Å². The molecule has 2 fully saturated rings. The number of carbonyl (C=O) groups excluding carboxylic acids is 1. The summed E-state index contributed by atoms with van der Waals surface area (Å²) in [6.45, 7) is 1.89. The SMILES string of the molecule is O=C(C1CCCCN1S(=O)(=O)c1ccc(Cl)s1)N1CCCCC1. The van der Waals surface area contributed by atoms with E-state index in [1.807, 2.05) is 4.90 Å². The summed E-state index contributed by atoms with van der Waals surface area (Å²) < 4.78 is 27.9. The van der Waals surface area contributed by atoms with Gasteiger partial charge in [0, 0.05) is 19.6 Å². The Morgan fingerprint density at radius 3 is 2.43 bits per heavy atom. The molecule has 1 aromatic rings. The van der Waals surface area contributed by atoms with Gasteiger partial charge in [-0.2, -0.15) is 4.31 Å². The molecule has 2 aliphatic rings. The molecule has 0 saturated carbocycles. The number of thiophene rings is 1. The largest absolute Gasteiger partial charge is 0.341 e. The fourth-order valence-electron chi connectivity index (χ4n) is 3.32. The normalized spacial score (nSPS) is 23.9. The van der Waals surface area contributed by atoms with Crippen LogP contribution in [0, 0.1) is 0 Å². The van der Waals surface area contributed by atoms with Crippen LogP contribution in [0.1, 0.15) is 38.5 Å². The first-order chi connectivity index (χ1) is 11.0. The van der Waals surface area contributed by atoms with Crippen molar-refractivity contribution in [1.29, 1.82) is 0 Å². The van der Waals surface area contributed by atoms with Crippen LogP contribution in [0.4, 0.5) is 0 Å². The molecule has 2 aliphatic heterocycles. The second kappa shape index (κ2) is 7.09. The van der Waals surface area contributed by atoms with Crippen molar-refractivity contribution in [3.8, 4) is 0 Å². The molecule has 0 N–H and O–H groups in total. The van der Waals surface area contributed by atoms with Crippen molar-refractivity contribution in [2.45, 2.75) is 48.8 Å². The van der Waals surface area contributed by atoms with Crippen molar-refractivity contribution < 1.29 is 13.2 Å². The van der Waals surface area contributed by atoms with Crippen LogP contribution in [0.25, 0.3) is 0 Å². The van der Waals surface area contributed by atoms with Gasteiger partial charge in [-0.1, -0.05) is 18.0 Å². The number of halogens is 1. The van der Waals surface area contributed by atoms with Gasteiger partial charge in [-0.25, -0.2) is 8.42 Å². The third kappa shape index (κ3) is 3.57. The fraction of sp³-hybridized carbons (Fsp3) is 0.667. The molecule has 2 saturated heterocycles. The molecule has 3 rings (SSSR count). The lowest BCUT2D eigenvalue weighted by Crippen LogP contribution is -2.53. The maximum absolute atomic E-state index is 12.9. The average molecular weight is 377 g/mol. The van der Waals surface area contributed by atoms with E-state index in [0.29, 0.717) is 17.3 Å². The molecule has 5 nitrogen and oxygen atoms in total. The molecule has 1 aromatic heterocycles. The van der Waals surface area contributed by atoms with Gasteiger partial charge in [-0.15, -0.1) is 11.3 Å². The standard InChI is InChI=1S/C15H21ClN2O3S2/c16-13-7-8-14(22-13)23(20,21)18-11-5-2-6-12(18)15(19)17-9-3-1-4-10-17/h7-8,12H,1-6,9-11H2. The lowest BCUT2D eigenvalue weighted by Gasteiger charge is -2.37. The Bertz CT molecular complexity index is 668. The van der Waals surface area contributed by atoms with Gasteiger partial charge in [0.25, 0.3) is 10.0 Å². The topological polar surface area (TPSA) is 57.7 Å². The van der Waals surface area contributed by atoms with Crippen LogP contribution < -0.4 is 0 Å². The lowest BCUT2D eigenvalue weighted by atomic mass is 10.0. The zero-order chi connectivity index (χ0) is 16.4. The Hall–Kier alpha value is -0.630. The van der Waals surface area contributed by atoms with Gasteiger partial charge in [0.2, 0.25) is 5.91 Å². The molecule has 0 aromatic carbocycles. The minimum absolute atomic E-state index is 0.0318. The van der Waals surface area contributed by atoms with Crippen molar-refractivity contribution >= 4 is 38.9 Å². The summed E-state index contributed by atoms with van der Waals surface area (Å²) in [5.74, 6) is -0.0318. The summed E-state index contributed by atoms with van der Waals surface area (Å²) in [5, 5.41) is 0. The number of rotatable bonds is 3. The van der Waals surface area contributed by atoms with Gasteiger partial charge in [-0.3, -0.25) is 4.79 Å². The number of likely N-dealkylation sites (tertiary alicyclic amines) is 1. The molecule has 8 heteroatoms. The monoisotopic (exact) mass is 376 g/mol. The molecule has 1 unspecified atom stereocenters. The molecule has 1 atom stereocenters. The van der Waals surface area contributed by atoms with Crippen molar-refractivity contribution in [1.82, 2.24) is 9.21 Å². The number of carbonyl (C=O) groups is 1. The summed E-state index contributed by atoms with van der Waals surface area (Å²) in [7, 11) is -3.65. The molecule has 23 heavy (non-hydrogen) atoms. The minimum atomic E-state index is -3.65. The number of hydrogen-bond acceptors (Lipinski definition) is 4. The van der Waals surface area contributed by atoms with Crippen LogP contribution >= 0.6 is 22.9 Å². The van der Waals surface area contributed by atoms with Crippen molar-refractivity contribution in [3.05, 3.63) is 16.5 Å². The summed E-state index contributed by atoms with van der Waals surface area (Å²) in [5.41, 5.74) is 0. The highest BCUT2D eigenvalue weighted by atomic mass is 35.5. The van der Waals surface area contributed by atoms with Crippen LogP contribution in [0.5, 0.6) is 0 Å². The van der Waals surface area contributed by atoms with Gasteiger partial charge >= 0.3 is 0 Å². The van der Waals surface area contributed by atoms with E-state index < -0.39 is 16.1 Å². The Morgan fingerprint density at radius 2 is 1.78 bits per heavy atom. The molecule has 1 amide bonds. The van der Waals surface area contributed by atoms with Crippen LogP contribution in [-0.2, 0) is 14.8 Å². The summed E-state index contributed by atoms with van der Waals surface area (Å²) in [6, 6.07) is 2.55. The quantitative estimate of drug-likeness (QED) is 0.814. The van der Waals surface area contributed by atoms with Crippen LogP contribution in [0.2, 0.25) is 4.34 Å².